The first-order chi connectivity index (χ1) is 7.04. The third-order valence-electron chi connectivity index (χ3n) is 2.77. The van der Waals surface area contributed by atoms with Crippen LogP contribution in [0.5, 0.6) is 0 Å². The largest absolute Gasteiger partial charge is 0.328 e. The number of rotatable bonds is 4. The van der Waals surface area contributed by atoms with Crippen molar-refractivity contribution in [2.45, 2.75) is 32.7 Å². The Morgan fingerprint density at radius 3 is 2.47 bits per heavy atom. The Labute approximate surface area is 89.3 Å². The lowest BCUT2D eigenvalue weighted by atomic mass is 9.91. The normalized spacial score (nSPS) is 15.0. The van der Waals surface area contributed by atoms with E-state index in [1.807, 2.05) is 13.8 Å². The lowest BCUT2D eigenvalue weighted by molar-refractivity contribution is 0.419. The van der Waals surface area contributed by atoms with E-state index in [0.717, 1.165) is 12.5 Å². The molecule has 1 aromatic rings. The third-order valence-corrected chi connectivity index (χ3v) is 2.77. The highest BCUT2D eigenvalue weighted by Crippen LogP contribution is 2.18. The highest BCUT2D eigenvalue weighted by molar-refractivity contribution is 5.19. The summed E-state index contributed by atoms with van der Waals surface area (Å²) in [6.45, 7) is 3.94. The van der Waals surface area contributed by atoms with Crippen LogP contribution in [0.2, 0.25) is 0 Å². The van der Waals surface area contributed by atoms with Crippen molar-refractivity contribution >= 4 is 0 Å². The van der Waals surface area contributed by atoms with Gasteiger partial charge in [0.15, 0.2) is 0 Å². The molecule has 1 rings (SSSR count). The number of hydrogen-bond donors (Lipinski definition) is 1. The van der Waals surface area contributed by atoms with Gasteiger partial charge >= 0.3 is 0 Å². The van der Waals surface area contributed by atoms with Gasteiger partial charge < -0.3 is 5.73 Å². The van der Waals surface area contributed by atoms with Gasteiger partial charge in [-0.1, -0.05) is 19.4 Å². The minimum atomic E-state index is -0.537. The van der Waals surface area contributed by atoms with E-state index in [2.05, 4.69) is 0 Å². The molecule has 1 nitrogen and oxygen atoms in total. The number of halogens is 2. The molecule has 2 N–H and O–H groups in total. The van der Waals surface area contributed by atoms with Crippen molar-refractivity contribution < 1.29 is 8.78 Å². The molecule has 0 heterocycles. The SMILES string of the molecule is CCC(Cc1ccc(F)cc1F)C(C)N. The van der Waals surface area contributed by atoms with Crippen LogP contribution in [0, 0.1) is 17.6 Å². The van der Waals surface area contributed by atoms with Crippen LogP contribution in [0.15, 0.2) is 18.2 Å². The zero-order valence-corrected chi connectivity index (χ0v) is 9.13. The Morgan fingerprint density at radius 1 is 1.33 bits per heavy atom. The summed E-state index contributed by atoms with van der Waals surface area (Å²) < 4.78 is 26.0. The molecule has 0 bridgehead atoms. The van der Waals surface area contributed by atoms with Crippen LogP contribution in [0.4, 0.5) is 8.78 Å². The quantitative estimate of drug-likeness (QED) is 0.817. The van der Waals surface area contributed by atoms with Crippen LogP contribution in [0.25, 0.3) is 0 Å². The molecule has 15 heavy (non-hydrogen) atoms. The van der Waals surface area contributed by atoms with E-state index in [1.165, 1.54) is 12.1 Å². The summed E-state index contributed by atoms with van der Waals surface area (Å²) in [5, 5.41) is 0. The molecule has 3 heteroatoms. The fraction of sp³-hybridized carbons (Fsp3) is 0.500. The molecule has 0 saturated carbocycles. The standard InChI is InChI=1S/C12H17F2N/c1-3-9(8(2)15)6-10-4-5-11(13)7-12(10)14/h4-5,7-9H,3,6,15H2,1-2H3. The number of benzene rings is 1. The van der Waals surface area contributed by atoms with Crippen molar-refractivity contribution in [1.82, 2.24) is 0 Å². The Balaban J connectivity index is 2.79. The van der Waals surface area contributed by atoms with E-state index in [4.69, 9.17) is 5.73 Å². The molecular weight excluding hydrogens is 196 g/mol. The lowest BCUT2D eigenvalue weighted by Gasteiger charge is -2.19. The number of hydrogen-bond acceptors (Lipinski definition) is 1. The van der Waals surface area contributed by atoms with Crippen LogP contribution in [0.1, 0.15) is 25.8 Å². The van der Waals surface area contributed by atoms with E-state index in [-0.39, 0.29) is 12.0 Å². The monoisotopic (exact) mass is 213 g/mol. The molecule has 0 saturated heterocycles. The van der Waals surface area contributed by atoms with Gasteiger partial charge in [-0.25, -0.2) is 8.78 Å². The van der Waals surface area contributed by atoms with E-state index >= 15 is 0 Å². The van der Waals surface area contributed by atoms with Crippen molar-refractivity contribution in [3.63, 3.8) is 0 Å². The summed E-state index contributed by atoms with van der Waals surface area (Å²) >= 11 is 0. The summed E-state index contributed by atoms with van der Waals surface area (Å²) in [5.74, 6) is -0.774. The molecule has 0 fully saturated rings. The molecule has 0 aliphatic carbocycles. The fourth-order valence-corrected chi connectivity index (χ4v) is 1.67. The van der Waals surface area contributed by atoms with Gasteiger partial charge in [-0.05, 0) is 30.9 Å². The van der Waals surface area contributed by atoms with Gasteiger partial charge in [0.05, 0.1) is 0 Å². The average Bonchev–Trinajstić information content (AvgIpc) is 2.16. The summed E-state index contributed by atoms with van der Waals surface area (Å²) in [6.07, 6.45) is 1.47. The van der Waals surface area contributed by atoms with E-state index in [9.17, 15) is 8.78 Å². The molecule has 2 atom stereocenters. The van der Waals surface area contributed by atoms with Crippen LogP contribution in [0.3, 0.4) is 0 Å². The Morgan fingerprint density at radius 2 is 2.00 bits per heavy atom. The van der Waals surface area contributed by atoms with Crippen LogP contribution < -0.4 is 5.73 Å². The predicted molar refractivity (Wildman–Crippen MR) is 57.5 cm³/mol. The summed E-state index contributed by atoms with van der Waals surface area (Å²) in [4.78, 5) is 0. The molecule has 1 aromatic carbocycles. The summed E-state index contributed by atoms with van der Waals surface area (Å²) in [5.41, 5.74) is 6.32. The predicted octanol–water partition coefficient (Wildman–Crippen LogP) is 2.88. The van der Waals surface area contributed by atoms with Gasteiger partial charge in [0.1, 0.15) is 11.6 Å². The minimum absolute atomic E-state index is 0.0273. The maximum Gasteiger partial charge on any atom is 0.129 e. The molecule has 0 aromatic heterocycles. The summed E-state index contributed by atoms with van der Waals surface area (Å²) in [6, 6.07) is 3.73. The Kier molecular flexibility index (Phi) is 4.21. The van der Waals surface area contributed by atoms with Crippen molar-refractivity contribution in [3.05, 3.63) is 35.4 Å². The van der Waals surface area contributed by atoms with Crippen molar-refractivity contribution in [3.8, 4) is 0 Å². The average molecular weight is 213 g/mol. The minimum Gasteiger partial charge on any atom is -0.328 e. The van der Waals surface area contributed by atoms with Gasteiger partial charge in [-0.2, -0.15) is 0 Å². The zero-order valence-electron chi connectivity index (χ0n) is 9.13. The second kappa shape index (κ2) is 5.21. The first kappa shape index (κ1) is 12.1. The van der Waals surface area contributed by atoms with E-state index < -0.39 is 11.6 Å². The fourth-order valence-electron chi connectivity index (χ4n) is 1.67. The molecule has 0 spiro atoms. The Hall–Kier alpha value is -0.960. The smallest absolute Gasteiger partial charge is 0.129 e. The lowest BCUT2D eigenvalue weighted by Crippen LogP contribution is -2.27. The third kappa shape index (κ3) is 3.27. The molecule has 0 aliphatic heterocycles. The first-order valence-electron chi connectivity index (χ1n) is 5.24. The first-order valence-corrected chi connectivity index (χ1v) is 5.24. The van der Waals surface area contributed by atoms with Crippen molar-refractivity contribution in [2.75, 3.05) is 0 Å². The van der Waals surface area contributed by atoms with Gasteiger partial charge in [0.25, 0.3) is 0 Å². The molecule has 0 amide bonds. The molecule has 84 valence electrons. The highest BCUT2D eigenvalue weighted by atomic mass is 19.1. The Bertz CT molecular complexity index is 323. The maximum atomic E-state index is 13.3. The maximum absolute atomic E-state index is 13.3. The second-order valence-electron chi connectivity index (χ2n) is 3.97. The van der Waals surface area contributed by atoms with Gasteiger partial charge in [-0.3, -0.25) is 0 Å². The van der Waals surface area contributed by atoms with Gasteiger partial charge in [0.2, 0.25) is 0 Å². The van der Waals surface area contributed by atoms with Crippen molar-refractivity contribution in [1.29, 1.82) is 0 Å². The van der Waals surface area contributed by atoms with Crippen LogP contribution >= 0.6 is 0 Å². The van der Waals surface area contributed by atoms with Crippen molar-refractivity contribution in [2.24, 2.45) is 11.7 Å². The molecule has 2 unspecified atom stereocenters. The number of nitrogens with two attached hydrogens (primary N) is 1. The molecule has 0 aliphatic rings. The van der Waals surface area contributed by atoms with E-state index in [1.54, 1.807) is 0 Å². The van der Waals surface area contributed by atoms with Crippen LogP contribution in [-0.4, -0.2) is 6.04 Å². The highest BCUT2D eigenvalue weighted by Gasteiger charge is 2.14. The second-order valence-corrected chi connectivity index (χ2v) is 3.97. The summed E-state index contributed by atoms with van der Waals surface area (Å²) in [7, 11) is 0. The van der Waals surface area contributed by atoms with Gasteiger partial charge in [0, 0.05) is 12.1 Å². The van der Waals surface area contributed by atoms with E-state index in [0.29, 0.717) is 12.0 Å². The topological polar surface area (TPSA) is 26.0 Å². The molecular formula is C12H17F2N. The molecule has 0 radical (unpaired) electrons. The van der Waals surface area contributed by atoms with Gasteiger partial charge in [-0.15, -0.1) is 0 Å². The zero-order chi connectivity index (χ0) is 11.4. The van der Waals surface area contributed by atoms with Crippen LogP contribution in [-0.2, 0) is 6.42 Å².